The predicted octanol–water partition coefficient (Wildman–Crippen LogP) is 2.58. The minimum atomic E-state index is -4.37. The zero-order chi connectivity index (χ0) is 15.3. The summed E-state index contributed by atoms with van der Waals surface area (Å²) in [5.74, 6) is 0. The maximum Gasteiger partial charge on any atom is 0.401 e. The Kier molecular flexibility index (Phi) is 6.26. The Hall–Kier alpha value is -0.820. The van der Waals surface area contributed by atoms with Gasteiger partial charge in [-0.3, -0.25) is 4.90 Å². The second kappa shape index (κ2) is 7.26. The molecule has 0 radical (unpaired) electrons. The molecule has 114 valence electrons. The first-order valence-corrected chi connectivity index (χ1v) is 6.55. The molecule has 1 aromatic rings. The van der Waals surface area contributed by atoms with Gasteiger partial charge in [0, 0.05) is 17.6 Å². The number of aliphatic hydroxyl groups excluding tert-OH is 1. The zero-order valence-corrected chi connectivity index (χ0v) is 11.8. The van der Waals surface area contributed by atoms with Crippen LogP contribution in [0, 0.1) is 0 Å². The molecule has 2 unspecified atom stereocenters. The Bertz CT molecular complexity index is 426. The maximum atomic E-state index is 12.7. The van der Waals surface area contributed by atoms with Gasteiger partial charge in [-0.15, -0.1) is 0 Å². The summed E-state index contributed by atoms with van der Waals surface area (Å²) in [5, 5.41) is 9.36. The number of hydrogen-bond donors (Lipinski definition) is 2. The molecule has 0 aliphatic rings. The van der Waals surface area contributed by atoms with Crippen LogP contribution >= 0.6 is 11.6 Å². The van der Waals surface area contributed by atoms with Crippen molar-refractivity contribution >= 4 is 11.6 Å². The lowest BCUT2D eigenvalue weighted by molar-refractivity contribution is -0.153. The van der Waals surface area contributed by atoms with Crippen LogP contribution in [0.4, 0.5) is 13.2 Å². The van der Waals surface area contributed by atoms with E-state index in [1.54, 1.807) is 31.2 Å². The molecule has 2 atom stereocenters. The second-order valence-electron chi connectivity index (χ2n) is 4.63. The van der Waals surface area contributed by atoms with Gasteiger partial charge >= 0.3 is 6.18 Å². The molecule has 0 aliphatic heterocycles. The smallest absolute Gasteiger partial charge is 0.395 e. The van der Waals surface area contributed by atoms with E-state index in [-0.39, 0.29) is 13.2 Å². The molecule has 0 spiro atoms. The number of halogens is 4. The quantitative estimate of drug-likeness (QED) is 0.849. The third-order valence-corrected chi connectivity index (χ3v) is 3.23. The summed E-state index contributed by atoms with van der Waals surface area (Å²) in [6, 6.07) is 5.38. The molecule has 0 fully saturated rings. The minimum Gasteiger partial charge on any atom is -0.395 e. The highest BCUT2D eigenvalue weighted by atomic mass is 35.5. The van der Waals surface area contributed by atoms with Crippen molar-refractivity contribution in [2.45, 2.75) is 25.2 Å². The Balaban J connectivity index is 3.12. The Labute approximate surface area is 121 Å². The molecule has 3 N–H and O–H groups in total. The number of nitrogens with zero attached hydrogens (tertiary/aromatic N) is 1. The van der Waals surface area contributed by atoms with Crippen molar-refractivity contribution in [1.82, 2.24) is 4.90 Å². The van der Waals surface area contributed by atoms with Gasteiger partial charge < -0.3 is 10.8 Å². The van der Waals surface area contributed by atoms with Crippen LogP contribution in [-0.4, -0.2) is 41.9 Å². The first-order chi connectivity index (χ1) is 9.26. The number of hydrogen-bond acceptors (Lipinski definition) is 3. The largest absolute Gasteiger partial charge is 0.401 e. The van der Waals surface area contributed by atoms with Crippen LogP contribution in [0.5, 0.6) is 0 Å². The standard InChI is InChI=1S/C13H18ClF3N2O/c1-9(18)12(10-4-2-3-5-11(10)14)19(6-7-20)8-13(15,16)17/h2-5,9,12,20H,6-8,18H2,1H3. The molecule has 20 heavy (non-hydrogen) atoms. The van der Waals surface area contributed by atoms with Crippen molar-refractivity contribution in [3.05, 3.63) is 34.9 Å². The summed E-state index contributed by atoms with van der Waals surface area (Å²) in [4.78, 5) is 1.10. The van der Waals surface area contributed by atoms with E-state index < -0.39 is 24.8 Å². The molecule has 7 heteroatoms. The molecule has 1 rings (SSSR count). The van der Waals surface area contributed by atoms with Crippen LogP contribution in [-0.2, 0) is 0 Å². The molecule has 0 heterocycles. The van der Waals surface area contributed by atoms with Crippen LogP contribution in [0.15, 0.2) is 24.3 Å². The van der Waals surface area contributed by atoms with E-state index in [0.29, 0.717) is 10.6 Å². The summed E-state index contributed by atoms with van der Waals surface area (Å²) in [5.41, 5.74) is 6.37. The maximum absolute atomic E-state index is 12.7. The lowest BCUT2D eigenvalue weighted by Gasteiger charge is -2.35. The number of benzene rings is 1. The van der Waals surface area contributed by atoms with E-state index in [9.17, 15) is 13.2 Å². The number of nitrogens with two attached hydrogens (primary N) is 1. The average Bonchev–Trinajstić information content (AvgIpc) is 2.29. The summed E-state index contributed by atoms with van der Waals surface area (Å²) < 4.78 is 38.0. The topological polar surface area (TPSA) is 49.5 Å². The summed E-state index contributed by atoms with van der Waals surface area (Å²) >= 11 is 6.05. The van der Waals surface area contributed by atoms with E-state index in [4.69, 9.17) is 22.4 Å². The van der Waals surface area contributed by atoms with Crippen LogP contribution in [0.2, 0.25) is 5.02 Å². The van der Waals surface area contributed by atoms with E-state index in [1.165, 1.54) is 0 Å². The highest BCUT2D eigenvalue weighted by molar-refractivity contribution is 6.31. The third-order valence-electron chi connectivity index (χ3n) is 2.88. The van der Waals surface area contributed by atoms with Crippen molar-refractivity contribution in [2.24, 2.45) is 5.73 Å². The van der Waals surface area contributed by atoms with Crippen LogP contribution in [0.25, 0.3) is 0 Å². The Morgan fingerprint density at radius 1 is 1.35 bits per heavy atom. The molecular weight excluding hydrogens is 293 g/mol. The van der Waals surface area contributed by atoms with Gasteiger partial charge in [0.25, 0.3) is 0 Å². The van der Waals surface area contributed by atoms with Crippen LogP contribution in [0.3, 0.4) is 0 Å². The van der Waals surface area contributed by atoms with Gasteiger partial charge in [0.05, 0.1) is 19.2 Å². The van der Waals surface area contributed by atoms with E-state index in [2.05, 4.69) is 0 Å². The molecule has 0 bridgehead atoms. The van der Waals surface area contributed by atoms with Crippen molar-refractivity contribution in [1.29, 1.82) is 0 Å². The van der Waals surface area contributed by atoms with Gasteiger partial charge in [0.15, 0.2) is 0 Å². The number of alkyl halides is 3. The lowest BCUT2D eigenvalue weighted by Crippen LogP contribution is -2.45. The summed E-state index contributed by atoms with van der Waals surface area (Å²) in [7, 11) is 0. The molecule has 0 saturated carbocycles. The van der Waals surface area contributed by atoms with Crippen molar-refractivity contribution in [2.75, 3.05) is 19.7 Å². The SMILES string of the molecule is CC(N)C(c1ccccc1Cl)N(CCO)CC(F)(F)F. The highest BCUT2D eigenvalue weighted by Gasteiger charge is 2.36. The molecular formula is C13H18ClF3N2O. The first-order valence-electron chi connectivity index (χ1n) is 6.18. The van der Waals surface area contributed by atoms with Gasteiger partial charge in [0.2, 0.25) is 0 Å². The normalized spacial score (nSPS) is 15.4. The lowest BCUT2D eigenvalue weighted by atomic mass is 9.99. The fourth-order valence-corrected chi connectivity index (χ4v) is 2.45. The van der Waals surface area contributed by atoms with Gasteiger partial charge in [0.1, 0.15) is 0 Å². The van der Waals surface area contributed by atoms with Crippen LogP contribution in [0.1, 0.15) is 18.5 Å². The summed E-state index contributed by atoms with van der Waals surface area (Å²) in [6.45, 7) is -0.0412. The molecule has 0 aromatic heterocycles. The van der Waals surface area contributed by atoms with Gasteiger partial charge in [-0.25, -0.2) is 0 Å². The monoisotopic (exact) mass is 310 g/mol. The molecule has 1 aromatic carbocycles. The van der Waals surface area contributed by atoms with Crippen LogP contribution < -0.4 is 5.73 Å². The molecule has 0 aliphatic carbocycles. The fraction of sp³-hybridized carbons (Fsp3) is 0.538. The minimum absolute atomic E-state index is 0.128. The first kappa shape index (κ1) is 17.2. The second-order valence-corrected chi connectivity index (χ2v) is 5.04. The number of rotatable bonds is 6. The van der Waals surface area contributed by atoms with Gasteiger partial charge in [-0.1, -0.05) is 29.8 Å². The van der Waals surface area contributed by atoms with E-state index >= 15 is 0 Å². The molecule has 0 saturated heterocycles. The van der Waals surface area contributed by atoms with Crippen molar-refractivity contribution in [3.63, 3.8) is 0 Å². The van der Waals surface area contributed by atoms with Gasteiger partial charge in [-0.05, 0) is 18.6 Å². The summed E-state index contributed by atoms with van der Waals surface area (Å²) in [6.07, 6.45) is -4.37. The van der Waals surface area contributed by atoms with E-state index in [1.807, 2.05) is 0 Å². The molecule has 0 amide bonds. The third kappa shape index (κ3) is 4.94. The van der Waals surface area contributed by atoms with Gasteiger partial charge in [-0.2, -0.15) is 13.2 Å². The van der Waals surface area contributed by atoms with E-state index in [0.717, 1.165) is 4.90 Å². The molecule has 3 nitrogen and oxygen atoms in total. The Morgan fingerprint density at radius 3 is 2.40 bits per heavy atom. The van der Waals surface area contributed by atoms with Crippen molar-refractivity contribution < 1.29 is 18.3 Å². The Morgan fingerprint density at radius 2 is 1.95 bits per heavy atom. The van der Waals surface area contributed by atoms with Crippen molar-refractivity contribution in [3.8, 4) is 0 Å². The average molecular weight is 311 g/mol. The number of aliphatic hydroxyl groups is 1. The predicted molar refractivity (Wildman–Crippen MR) is 72.6 cm³/mol. The zero-order valence-electron chi connectivity index (χ0n) is 11.1. The highest BCUT2D eigenvalue weighted by Crippen LogP contribution is 2.31. The fourth-order valence-electron chi connectivity index (χ4n) is 2.20.